The van der Waals surface area contributed by atoms with Crippen LogP contribution in [0.25, 0.3) is 10.9 Å². The van der Waals surface area contributed by atoms with E-state index in [4.69, 9.17) is 4.74 Å². The van der Waals surface area contributed by atoms with E-state index in [1.807, 2.05) is 24.3 Å². The van der Waals surface area contributed by atoms with Crippen LogP contribution in [0.2, 0.25) is 0 Å². The summed E-state index contributed by atoms with van der Waals surface area (Å²) in [7, 11) is 1.63. The van der Waals surface area contributed by atoms with Crippen molar-refractivity contribution in [3.8, 4) is 0 Å². The number of carbonyl (C=O) groups excluding carboxylic acids is 1. The minimum Gasteiger partial charge on any atom is -0.383 e. The summed E-state index contributed by atoms with van der Waals surface area (Å²) in [6.07, 6.45) is 2.57. The number of nitrogens with zero attached hydrogens (tertiary/aromatic N) is 1. The molecular formula is C25H31FN2O2. The first kappa shape index (κ1) is 22.0. The van der Waals surface area contributed by atoms with Crippen LogP contribution >= 0.6 is 0 Å². The van der Waals surface area contributed by atoms with Crippen LogP contribution in [0.4, 0.5) is 4.39 Å². The van der Waals surface area contributed by atoms with Crippen molar-refractivity contribution >= 4 is 16.8 Å². The molecule has 0 fully saturated rings. The number of carbonyl (C=O) groups is 1. The normalized spacial score (nSPS) is 12.8. The van der Waals surface area contributed by atoms with Gasteiger partial charge in [0.05, 0.1) is 6.61 Å². The first-order valence-electron chi connectivity index (χ1n) is 10.4. The number of hydrogen-bond donors (Lipinski definition) is 1. The smallest absolute Gasteiger partial charge is 0.220 e. The molecule has 30 heavy (non-hydrogen) atoms. The molecule has 4 nitrogen and oxygen atoms in total. The topological polar surface area (TPSA) is 43.3 Å². The van der Waals surface area contributed by atoms with E-state index < -0.39 is 0 Å². The highest BCUT2D eigenvalue weighted by molar-refractivity contribution is 5.86. The summed E-state index contributed by atoms with van der Waals surface area (Å²) in [5, 5.41) is 4.11. The van der Waals surface area contributed by atoms with Crippen LogP contribution in [-0.4, -0.2) is 30.7 Å². The predicted octanol–water partition coefficient (Wildman–Crippen LogP) is 5.11. The van der Waals surface area contributed by atoms with E-state index in [-0.39, 0.29) is 23.1 Å². The number of amides is 1. The molecular weight excluding hydrogens is 379 g/mol. The third-order valence-electron chi connectivity index (χ3n) is 5.52. The fourth-order valence-corrected chi connectivity index (χ4v) is 3.90. The second-order valence-corrected chi connectivity index (χ2v) is 8.82. The van der Waals surface area contributed by atoms with E-state index in [1.54, 1.807) is 7.11 Å². The Labute approximate surface area is 178 Å². The van der Waals surface area contributed by atoms with Crippen molar-refractivity contribution in [2.75, 3.05) is 20.3 Å². The molecule has 5 heteroatoms. The minimum atomic E-state index is -0.232. The first-order valence-corrected chi connectivity index (χ1v) is 10.4. The molecule has 0 saturated carbocycles. The number of nitrogens with one attached hydrogen (secondary N) is 1. The maximum atomic E-state index is 13.3. The summed E-state index contributed by atoms with van der Waals surface area (Å²) in [6, 6.07) is 14.9. The molecule has 0 radical (unpaired) electrons. The van der Waals surface area contributed by atoms with Crippen molar-refractivity contribution in [3.63, 3.8) is 0 Å². The zero-order chi connectivity index (χ0) is 21.7. The van der Waals surface area contributed by atoms with Crippen LogP contribution in [0, 0.1) is 11.2 Å². The van der Waals surface area contributed by atoms with Gasteiger partial charge in [-0.25, -0.2) is 4.39 Å². The van der Waals surface area contributed by atoms with E-state index in [0.29, 0.717) is 26.1 Å². The molecule has 0 spiro atoms. The second-order valence-electron chi connectivity index (χ2n) is 8.82. The molecule has 3 rings (SSSR count). The maximum absolute atomic E-state index is 13.3. The van der Waals surface area contributed by atoms with Crippen LogP contribution in [-0.2, 0) is 16.1 Å². The molecule has 1 atom stereocenters. The van der Waals surface area contributed by atoms with E-state index in [2.05, 4.69) is 49.0 Å². The standard InChI is InChI=1S/C25H31FN2O2/c1-25(2,3)22(15-24(29)27-13-14-30-4)21-17-28(23-8-6-5-7-20(21)23)16-18-9-11-19(26)12-10-18/h5-12,17,22H,13-16H2,1-4H3,(H,27,29)/t22-/m1/s1. The highest BCUT2D eigenvalue weighted by Gasteiger charge is 2.31. The lowest BCUT2D eigenvalue weighted by Crippen LogP contribution is -2.31. The molecule has 0 unspecified atom stereocenters. The van der Waals surface area contributed by atoms with Crippen LogP contribution in [0.5, 0.6) is 0 Å². The fourth-order valence-electron chi connectivity index (χ4n) is 3.90. The SMILES string of the molecule is COCCNC(=O)C[C@H](c1cn(Cc2ccc(F)cc2)c2ccccc12)C(C)(C)C. The lowest BCUT2D eigenvalue weighted by atomic mass is 9.74. The molecule has 0 aliphatic rings. The molecule has 0 saturated heterocycles. The zero-order valence-electron chi connectivity index (χ0n) is 18.2. The molecule has 0 bridgehead atoms. The van der Waals surface area contributed by atoms with Gasteiger partial charge in [-0.2, -0.15) is 0 Å². The number of rotatable bonds is 8. The summed E-state index contributed by atoms with van der Waals surface area (Å²) < 4.78 is 20.5. The lowest BCUT2D eigenvalue weighted by Gasteiger charge is -2.30. The molecule has 160 valence electrons. The predicted molar refractivity (Wildman–Crippen MR) is 119 cm³/mol. The number of aromatic nitrogens is 1. The summed E-state index contributed by atoms with van der Waals surface area (Å²) in [4.78, 5) is 12.6. The summed E-state index contributed by atoms with van der Waals surface area (Å²) in [5.74, 6) is -0.147. The maximum Gasteiger partial charge on any atom is 0.220 e. The number of methoxy groups -OCH3 is 1. The number of halogens is 1. The van der Waals surface area contributed by atoms with Gasteiger partial charge >= 0.3 is 0 Å². The quantitative estimate of drug-likeness (QED) is 0.524. The van der Waals surface area contributed by atoms with Crippen molar-refractivity contribution in [3.05, 3.63) is 71.7 Å². The van der Waals surface area contributed by atoms with Gasteiger partial charge < -0.3 is 14.6 Å². The van der Waals surface area contributed by atoms with E-state index in [1.165, 1.54) is 17.7 Å². The number of benzene rings is 2. The Balaban J connectivity index is 1.95. The molecule has 1 amide bonds. The summed E-state index contributed by atoms with van der Waals surface area (Å²) in [5.41, 5.74) is 3.23. The van der Waals surface area contributed by atoms with Gasteiger partial charge in [0.25, 0.3) is 0 Å². The highest BCUT2D eigenvalue weighted by Crippen LogP contribution is 2.41. The summed E-state index contributed by atoms with van der Waals surface area (Å²) in [6.45, 7) is 8.18. The number of ether oxygens (including phenoxy) is 1. The third-order valence-corrected chi connectivity index (χ3v) is 5.52. The number of hydrogen-bond acceptors (Lipinski definition) is 2. The largest absolute Gasteiger partial charge is 0.383 e. The minimum absolute atomic E-state index is 0.0299. The van der Waals surface area contributed by atoms with Gasteiger partial charge in [0.15, 0.2) is 0 Å². The van der Waals surface area contributed by atoms with Gasteiger partial charge in [0.2, 0.25) is 5.91 Å². The van der Waals surface area contributed by atoms with E-state index in [9.17, 15) is 9.18 Å². The Morgan fingerprint density at radius 1 is 1.13 bits per heavy atom. The van der Waals surface area contributed by atoms with E-state index >= 15 is 0 Å². The molecule has 3 aromatic rings. The zero-order valence-corrected chi connectivity index (χ0v) is 18.2. The van der Waals surface area contributed by atoms with Crippen LogP contribution in [0.1, 0.15) is 44.2 Å². The molecule has 0 aliphatic carbocycles. The van der Waals surface area contributed by atoms with Crippen molar-refractivity contribution < 1.29 is 13.9 Å². The molecule has 1 N–H and O–H groups in total. The number of para-hydroxylation sites is 1. The van der Waals surface area contributed by atoms with E-state index in [0.717, 1.165) is 16.5 Å². The van der Waals surface area contributed by atoms with Gasteiger partial charge in [0, 0.05) is 43.7 Å². The Morgan fingerprint density at radius 3 is 2.50 bits per heavy atom. The van der Waals surface area contributed by atoms with Crippen LogP contribution in [0.3, 0.4) is 0 Å². The van der Waals surface area contributed by atoms with Crippen molar-refractivity contribution in [1.82, 2.24) is 9.88 Å². The molecule has 1 heterocycles. The Hall–Kier alpha value is -2.66. The van der Waals surface area contributed by atoms with Gasteiger partial charge in [-0.1, -0.05) is 51.1 Å². The van der Waals surface area contributed by atoms with Gasteiger partial charge in [-0.3, -0.25) is 4.79 Å². The second kappa shape index (κ2) is 9.43. The van der Waals surface area contributed by atoms with Gasteiger partial charge in [-0.05, 0) is 40.7 Å². The van der Waals surface area contributed by atoms with Gasteiger partial charge in [-0.15, -0.1) is 0 Å². The fraction of sp³-hybridized carbons (Fsp3) is 0.400. The average Bonchev–Trinajstić information content (AvgIpc) is 3.05. The van der Waals surface area contributed by atoms with Crippen LogP contribution < -0.4 is 5.32 Å². The molecule has 1 aromatic heterocycles. The molecule has 2 aromatic carbocycles. The summed E-state index contributed by atoms with van der Waals surface area (Å²) >= 11 is 0. The monoisotopic (exact) mass is 410 g/mol. The average molecular weight is 411 g/mol. The lowest BCUT2D eigenvalue weighted by molar-refractivity contribution is -0.122. The Kier molecular flexibility index (Phi) is 6.93. The third kappa shape index (κ3) is 5.28. The van der Waals surface area contributed by atoms with Crippen molar-refractivity contribution in [1.29, 1.82) is 0 Å². The van der Waals surface area contributed by atoms with Crippen molar-refractivity contribution in [2.24, 2.45) is 5.41 Å². The Morgan fingerprint density at radius 2 is 1.83 bits per heavy atom. The van der Waals surface area contributed by atoms with Crippen molar-refractivity contribution in [2.45, 2.75) is 39.7 Å². The molecule has 0 aliphatic heterocycles. The Bertz CT molecular complexity index is 987. The van der Waals surface area contributed by atoms with Gasteiger partial charge in [0.1, 0.15) is 5.82 Å². The highest BCUT2D eigenvalue weighted by atomic mass is 19.1. The number of fused-ring (bicyclic) bond motifs is 1. The first-order chi connectivity index (χ1) is 14.3. The van der Waals surface area contributed by atoms with Crippen LogP contribution in [0.15, 0.2) is 54.7 Å².